The highest BCUT2D eigenvalue weighted by molar-refractivity contribution is 7.98. The van der Waals surface area contributed by atoms with E-state index in [0.29, 0.717) is 6.42 Å². The van der Waals surface area contributed by atoms with Crippen LogP contribution >= 0.6 is 23.1 Å². The molecule has 0 unspecified atom stereocenters. The van der Waals surface area contributed by atoms with Crippen molar-refractivity contribution >= 4 is 32.9 Å². The zero-order chi connectivity index (χ0) is 15.0. The molecule has 0 aliphatic carbocycles. The number of aryl methyl sites for hydroxylation is 1. The van der Waals surface area contributed by atoms with Gasteiger partial charge in [0.05, 0.1) is 22.2 Å². The first-order valence-electron chi connectivity index (χ1n) is 6.58. The average molecular weight is 344 g/mol. The van der Waals surface area contributed by atoms with Gasteiger partial charge in [-0.05, 0) is 13.3 Å². The van der Waals surface area contributed by atoms with Gasteiger partial charge in [0.2, 0.25) is 0 Å². The number of thiazole rings is 1. The Morgan fingerprint density at radius 3 is 2.90 bits per heavy atom. The summed E-state index contributed by atoms with van der Waals surface area (Å²) in [5.74, 6) is 1.94. The number of nitrogens with zero attached hydrogens (tertiary/aromatic N) is 4. The lowest BCUT2D eigenvalue weighted by Crippen LogP contribution is -2.09. The fourth-order valence-corrected chi connectivity index (χ4v) is 5.69. The molecule has 1 aliphatic rings. The molecule has 114 valence electrons. The summed E-state index contributed by atoms with van der Waals surface area (Å²) >= 11 is 3.21. The van der Waals surface area contributed by atoms with Crippen LogP contribution in [0.5, 0.6) is 0 Å². The molecule has 3 rings (SSSR count). The van der Waals surface area contributed by atoms with Gasteiger partial charge in [-0.25, -0.2) is 13.4 Å². The minimum atomic E-state index is -2.90. The molecule has 0 aromatic carbocycles. The minimum Gasteiger partial charge on any atom is -0.309 e. The molecule has 6 nitrogen and oxygen atoms in total. The first-order chi connectivity index (χ1) is 9.94. The van der Waals surface area contributed by atoms with Crippen molar-refractivity contribution in [2.45, 2.75) is 30.2 Å². The molecule has 0 N–H and O–H groups in total. The molecular formula is C12H16N4O2S3. The highest BCUT2D eigenvalue weighted by Gasteiger charge is 2.32. The average Bonchev–Trinajstić information content (AvgIpc) is 3.08. The van der Waals surface area contributed by atoms with Crippen LogP contribution in [0.4, 0.5) is 0 Å². The number of thioether (sulfide) groups is 1. The monoisotopic (exact) mass is 344 g/mol. The molecule has 0 spiro atoms. The lowest BCUT2D eigenvalue weighted by atomic mass is 10.1. The maximum Gasteiger partial charge on any atom is 0.191 e. The zero-order valence-electron chi connectivity index (χ0n) is 11.8. The normalized spacial score (nSPS) is 21.0. The standard InChI is InChI=1S/C12H16N4O2S3/c1-8-13-10(5-19-8)6-20-12-15-14-11(16(12)2)9-3-4-21(17,18)7-9/h5,9H,3-4,6-7H2,1-2H3/t9-/m1/s1. The Hall–Kier alpha value is -0.930. The molecule has 9 heteroatoms. The third kappa shape index (κ3) is 3.29. The van der Waals surface area contributed by atoms with E-state index in [9.17, 15) is 8.42 Å². The van der Waals surface area contributed by atoms with Gasteiger partial charge in [0.1, 0.15) is 5.82 Å². The van der Waals surface area contributed by atoms with Gasteiger partial charge in [-0.15, -0.1) is 21.5 Å². The van der Waals surface area contributed by atoms with Crippen molar-refractivity contribution in [3.05, 3.63) is 21.9 Å². The van der Waals surface area contributed by atoms with Gasteiger partial charge in [0, 0.05) is 24.1 Å². The Kier molecular flexibility index (Phi) is 4.06. The van der Waals surface area contributed by atoms with Crippen molar-refractivity contribution in [1.29, 1.82) is 0 Å². The van der Waals surface area contributed by atoms with Gasteiger partial charge in [0.25, 0.3) is 0 Å². The predicted octanol–water partition coefficient (Wildman–Crippen LogP) is 1.77. The van der Waals surface area contributed by atoms with Gasteiger partial charge in [-0.1, -0.05) is 11.8 Å². The summed E-state index contributed by atoms with van der Waals surface area (Å²) in [4.78, 5) is 4.42. The molecule has 0 radical (unpaired) electrons. The Morgan fingerprint density at radius 1 is 1.48 bits per heavy atom. The van der Waals surface area contributed by atoms with E-state index in [1.54, 1.807) is 23.1 Å². The fourth-order valence-electron chi connectivity index (χ4n) is 2.42. The topological polar surface area (TPSA) is 77.7 Å². The lowest BCUT2D eigenvalue weighted by Gasteiger charge is -2.07. The lowest BCUT2D eigenvalue weighted by molar-refractivity contribution is 0.599. The first kappa shape index (κ1) is 15.0. The predicted molar refractivity (Wildman–Crippen MR) is 83.4 cm³/mol. The van der Waals surface area contributed by atoms with E-state index >= 15 is 0 Å². The van der Waals surface area contributed by atoms with Crippen molar-refractivity contribution in [1.82, 2.24) is 19.7 Å². The van der Waals surface area contributed by atoms with E-state index in [4.69, 9.17) is 0 Å². The van der Waals surface area contributed by atoms with E-state index in [2.05, 4.69) is 15.2 Å². The molecule has 0 saturated carbocycles. The fraction of sp³-hybridized carbons (Fsp3) is 0.583. The summed E-state index contributed by atoms with van der Waals surface area (Å²) < 4.78 is 25.1. The molecule has 21 heavy (non-hydrogen) atoms. The van der Waals surface area contributed by atoms with Crippen LogP contribution in [0.1, 0.15) is 28.9 Å². The van der Waals surface area contributed by atoms with Crippen LogP contribution in [0.3, 0.4) is 0 Å². The molecule has 2 aromatic rings. The number of aromatic nitrogens is 4. The minimum absolute atomic E-state index is 0.0247. The molecule has 1 fully saturated rings. The number of hydrogen-bond acceptors (Lipinski definition) is 7. The van der Waals surface area contributed by atoms with E-state index in [1.807, 2.05) is 23.9 Å². The number of sulfone groups is 1. The Labute approximate surface area is 131 Å². The van der Waals surface area contributed by atoms with Gasteiger partial charge in [-0.3, -0.25) is 0 Å². The van der Waals surface area contributed by atoms with Gasteiger partial charge >= 0.3 is 0 Å². The molecule has 1 saturated heterocycles. The molecule has 0 bridgehead atoms. The molecule has 2 aromatic heterocycles. The highest BCUT2D eigenvalue weighted by Crippen LogP contribution is 2.30. The maximum atomic E-state index is 11.6. The molecular weight excluding hydrogens is 328 g/mol. The second-order valence-electron chi connectivity index (χ2n) is 5.15. The molecule has 0 amide bonds. The van der Waals surface area contributed by atoms with Crippen LogP contribution < -0.4 is 0 Å². The quantitative estimate of drug-likeness (QED) is 0.787. The molecule has 1 atom stereocenters. The smallest absolute Gasteiger partial charge is 0.191 e. The number of rotatable bonds is 4. The van der Waals surface area contributed by atoms with Crippen molar-refractivity contribution in [2.75, 3.05) is 11.5 Å². The van der Waals surface area contributed by atoms with Crippen LogP contribution in [-0.4, -0.2) is 39.7 Å². The second-order valence-corrected chi connectivity index (χ2v) is 9.38. The summed E-state index contributed by atoms with van der Waals surface area (Å²) in [6.45, 7) is 1.99. The highest BCUT2D eigenvalue weighted by atomic mass is 32.2. The largest absolute Gasteiger partial charge is 0.309 e. The SMILES string of the molecule is Cc1nc(CSc2nnc([C@@H]3CCS(=O)(=O)C3)n2C)cs1. The third-order valence-corrected chi connectivity index (χ3v) is 7.13. The number of hydrogen-bond donors (Lipinski definition) is 0. The summed E-state index contributed by atoms with van der Waals surface area (Å²) in [5, 5.41) is 12.3. The summed E-state index contributed by atoms with van der Waals surface area (Å²) in [5.41, 5.74) is 1.04. The van der Waals surface area contributed by atoms with Gasteiger partial charge in [-0.2, -0.15) is 0 Å². The zero-order valence-corrected chi connectivity index (χ0v) is 14.3. The van der Waals surface area contributed by atoms with Gasteiger partial charge < -0.3 is 4.57 Å². The van der Waals surface area contributed by atoms with Gasteiger partial charge in [0.15, 0.2) is 15.0 Å². The Bertz CT molecular complexity index is 750. The van der Waals surface area contributed by atoms with Crippen LogP contribution in [-0.2, 0) is 22.6 Å². The van der Waals surface area contributed by atoms with Crippen LogP contribution in [0.25, 0.3) is 0 Å². The second kappa shape index (κ2) is 5.69. The van der Waals surface area contributed by atoms with E-state index in [-0.39, 0.29) is 17.4 Å². The molecule has 3 heterocycles. The van der Waals surface area contributed by atoms with Crippen LogP contribution in [0.2, 0.25) is 0 Å². The van der Waals surface area contributed by atoms with Crippen LogP contribution in [0.15, 0.2) is 10.5 Å². The summed E-state index contributed by atoms with van der Waals surface area (Å²) in [6, 6.07) is 0. The Morgan fingerprint density at radius 2 is 2.29 bits per heavy atom. The maximum absolute atomic E-state index is 11.6. The van der Waals surface area contributed by atoms with Crippen molar-refractivity contribution < 1.29 is 8.42 Å². The summed E-state index contributed by atoms with van der Waals surface area (Å²) in [6.07, 6.45) is 0.643. The van der Waals surface area contributed by atoms with E-state index in [0.717, 1.165) is 27.4 Å². The van der Waals surface area contributed by atoms with E-state index < -0.39 is 9.84 Å². The van der Waals surface area contributed by atoms with Crippen LogP contribution in [0, 0.1) is 6.92 Å². The Balaban J connectivity index is 1.71. The van der Waals surface area contributed by atoms with Crippen molar-refractivity contribution in [2.24, 2.45) is 7.05 Å². The first-order valence-corrected chi connectivity index (χ1v) is 10.3. The third-order valence-electron chi connectivity index (χ3n) is 3.48. The summed E-state index contributed by atoms with van der Waals surface area (Å²) in [7, 11) is -1.00. The van der Waals surface area contributed by atoms with Crippen molar-refractivity contribution in [3.63, 3.8) is 0 Å². The molecule has 1 aliphatic heterocycles. The van der Waals surface area contributed by atoms with Crippen molar-refractivity contribution in [3.8, 4) is 0 Å². The van der Waals surface area contributed by atoms with E-state index in [1.165, 1.54) is 0 Å².